The van der Waals surface area contributed by atoms with Crippen LogP contribution in [0.4, 0.5) is 5.69 Å². The van der Waals surface area contributed by atoms with Crippen LogP contribution in [0.25, 0.3) is 0 Å². The molecule has 7 nitrogen and oxygen atoms in total. The molecule has 0 amide bonds. The first kappa shape index (κ1) is 15.7. The van der Waals surface area contributed by atoms with E-state index in [2.05, 4.69) is 0 Å². The summed E-state index contributed by atoms with van der Waals surface area (Å²) in [5, 5.41) is 19.6. The molecule has 1 rings (SSSR count). The van der Waals surface area contributed by atoms with Gasteiger partial charge in [0.15, 0.2) is 11.5 Å². The van der Waals surface area contributed by atoms with Crippen LogP contribution >= 0.6 is 0 Å². The molecule has 0 saturated heterocycles. The quantitative estimate of drug-likeness (QED) is 0.629. The van der Waals surface area contributed by atoms with Gasteiger partial charge in [-0.3, -0.25) is 10.1 Å². The normalized spacial score (nSPS) is 14.8. The molecule has 7 heteroatoms. The molecule has 0 saturated carbocycles. The lowest BCUT2D eigenvalue weighted by molar-refractivity contribution is -0.385. The van der Waals surface area contributed by atoms with E-state index in [1.54, 1.807) is 13.8 Å². The number of nitrogens with two attached hydrogens (primary N) is 1. The van der Waals surface area contributed by atoms with Gasteiger partial charge in [-0.2, -0.15) is 5.26 Å². The Morgan fingerprint density at radius 3 is 2.70 bits per heavy atom. The fourth-order valence-corrected chi connectivity index (χ4v) is 1.77. The Balaban J connectivity index is 2.87. The Labute approximate surface area is 117 Å². The molecule has 0 fully saturated rings. The third kappa shape index (κ3) is 4.10. The Morgan fingerprint density at radius 2 is 2.20 bits per heavy atom. The van der Waals surface area contributed by atoms with Crippen molar-refractivity contribution in [2.24, 2.45) is 5.73 Å². The van der Waals surface area contributed by atoms with E-state index in [9.17, 15) is 10.1 Å². The molecule has 0 aliphatic heterocycles. The van der Waals surface area contributed by atoms with Crippen LogP contribution in [0, 0.1) is 21.4 Å². The minimum atomic E-state index is -0.993. The Morgan fingerprint density at radius 1 is 1.55 bits per heavy atom. The summed E-state index contributed by atoms with van der Waals surface area (Å²) in [5.74, 6) is 0.640. The lowest BCUT2D eigenvalue weighted by Gasteiger charge is -2.22. The van der Waals surface area contributed by atoms with Crippen molar-refractivity contribution < 1.29 is 14.4 Å². The number of hydrogen-bond acceptors (Lipinski definition) is 6. The van der Waals surface area contributed by atoms with Crippen LogP contribution in [-0.2, 0) is 0 Å². The van der Waals surface area contributed by atoms with Crippen molar-refractivity contribution in [3.63, 3.8) is 0 Å². The second-order valence-corrected chi connectivity index (χ2v) is 4.75. The van der Waals surface area contributed by atoms with Crippen LogP contribution in [0.5, 0.6) is 11.5 Å². The maximum absolute atomic E-state index is 10.7. The molecule has 0 aliphatic carbocycles. The molecule has 1 aromatic carbocycles. The van der Waals surface area contributed by atoms with E-state index in [0.29, 0.717) is 12.2 Å². The number of non-ortho nitro benzene ring substituents is 1. The van der Waals surface area contributed by atoms with E-state index in [-0.39, 0.29) is 17.5 Å². The molecule has 1 aromatic rings. The molecule has 0 bridgehead atoms. The fraction of sp³-hybridized carbons (Fsp3) is 0.462. The van der Waals surface area contributed by atoms with Crippen molar-refractivity contribution in [3.05, 3.63) is 28.3 Å². The number of nitro benzene ring substituents is 1. The molecular formula is C13H17N3O4. The zero-order valence-electron chi connectivity index (χ0n) is 11.6. The first-order valence-electron chi connectivity index (χ1n) is 5.98. The summed E-state index contributed by atoms with van der Waals surface area (Å²) < 4.78 is 10.7. The fourth-order valence-electron chi connectivity index (χ4n) is 1.77. The molecule has 0 spiro atoms. The van der Waals surface area contributed by atoms with Crippen molar-refractivity contribution in [2.75, 3.05) is 7.11 Å². The third-order valence-corrected chi connectivity index (χ3v) is 2.65. The Kier molecular flexibility index (Phi) is 4.88. The van der Waals surface area contributed by atoms with Crippen LogP contribution in [-0.4, -0.2) is 23.7 Å². The van der Waals surface area contributed by atoms with Gasteiger partial charge in [0.05, 0.1) is 30.3 Å². The predicted octanol–water partition coefficient (Wildman–Crippen LogP) is 2.00. The average Bonchev–Trinajstić information content (AvgIpc) is 2.38. The van der Waals surface area contributed by atoms with Gasteiger partial charge in [-0.05, 0) is 19.9 Å². The number of hydrogen-bond donors (Lipinski definition) is 1. The largest absolute Gasteiger partial charge is 0.493 e. The monoisotopic (exact) mass is 279 g/mol. The molecule has 0 heterocycles. The summed E-state index contributed by atoms with van der Waals surface area (Å²) in [6.45, 7) is 3.38. The van der Waals surface area contributed by atoms with Crippen molar-refractivity contribution in [2.45, 2.75) is 31.9 Å². The van der Waals surface area contributed by atoms with E-state index in [1.165, 1.54) is 25.3 Å². The first-order chi connectivity index (χ1) is 9.29. The smallest absolute Gasteiger partial charge is 0.273 e. The summed E-state index contributed by atoms with van der Waals surface area (Å²) in [7, 11) is 1.40. The first-order valence-corrected chi connectivity index (χ1v) is 5.98. The van der Waals surface area contributed by atoms with Gasteiger partial charge in [0.2, 0.25) is 0 Å². The zero-order valence-corrected chi connectivity index (χ0v) is 11.6. The second-order valence-electron chi connectivity index (χ2n) is 4.75. The number of nitriles is 1. The van der Waals surface area contributed by atoms with Crippen molar-refractivity contribution >= 4 is 5.69 Å². The molecule has 0 radical (unpaired) electrons. The predicted molar refractivity (Wildman–Crippen MR) is 72.6 cm³/mol. The highest BCUT2D eigenvalue weighted by Gasteiger charge is 2.23. The number of methoxy groups -OCH3 is 1. The van der Waals surface area contributed by atoms with Gasteiger partial charge in [0.1, 0.15) is 5.54 Å². The number of nitro groups is 1. The van der Waals surface area contributed by atoms with Gasteiger partial charge >= 0.3 is 0 Å². The van der Waals surface area contributed by atoms with E-state index >= 15 is 0 Å². The van der Waals surface area contributed by atoms with Crippen molar-refractivity contribution in [1.29, 1.82) is 5.26 Å². The average molecular weight is 279 g/mol. The molecule has 108 valence electrons. The lowest BCUT2D eigenvalue weighted by Crippen LogP contribution is -2.38. The molecule has 20 heavy (non-hydrogen) atoms. The maximum atomic E-state index is 10.7. The SMILES string of the molecule is COc1cc([N+](=O)[O-])ccc1OC(C)CC(C)(N)C#N. The molecule has 2 atom stereocenters. The number of nitrogens with zero attached hydrogens (tertiary/aromatic N) is 2. The van der Waals surface area contributed by atoms with Gasteiger partial charge in [-0.25, -0.2) is 0 Å². The molecule has 0 aliphatic rings. The Bertz CT molecular complexity index is 537. The third-order valence-electron chi connectivity index (χ3n) is 2.65. The minimum absolute atomic E-state index is 0.0810. The summed E-state index contributed by atoms with van der Waals surface area (Å²) in [6.07, 6.45) is -0.0103. The van der Waals surface area contributed by atoms with Crippen molar-refractivity contribution in [1.82, 2.24) is 0 Å². The molecule has 2 unspecified atom stereocenters. The summed E-state index contributed by atoms with van der Waals surface area (Å²) >= 11 is 0. The molecular weight excluding hydrogens is 262 g/mol. The van der Waals surface area contributed by atoms with E-state index in [4.69, 9.17) is 20.5 Å². The second kappa shape index (κ2) is 6.21. The van der Waals surface area contributed by atoms with E-state index in [0.717, 1.165) is 0 Å². The molecule has 0 aromatic heterocycles. The highest BCUT2D eigenvalue weighted by Crippen LogP contribution is 2.32. The number of ether oxygens (including phenoxy) is 2. The maximum Gasteiger partial charge on any atom is 0.273 e. The summed E-state index contributed by atoms with van der Waals surface area (Å²) in [5.41, 5.74) is 4.67. The van der Waals surface area contributed by atoms with Gasteiger partial charge in [0, 0.05) is 12.5 Å². The van der Waals surface area contributed by atoms with Gasteiger partial charge < -0.3 is 15.2 Å². The van der Waals surface area contributed by atoms with Crippen LogP contribution in [0.15, 0.2) is 18.2 Å². The topological polar surface area (TPSA) is 111 Å². The van der Waals surface area contributed by atoms with Crippen LogP contribution in [0.1, 0.15) is 20.3 Å². The highest BCUT2D eigenvalue weighted by atomic mass is 16.6. The Hall–Kier alpha value is -2.33. The highest BCUT2D eigenvalue weighted by molar-refractivity contribution is 5.48. The van der Waals surface area contributed by atoms with Crippen LogP contribution < -0.4 is 15.2 Å². The lowest BCUT2D eigenvalue weighted by atomic mass is 9.98. The van der Waals surface area contributed by atoms with Crippen LogP contribution in [0.3, 0.4) is 0 Å². The van der Waals surface area contributed by atoms with E-state index < -0.39 is 10.5 Å². The molecule has 2 N–H and O–H groups in total. The zero-order chi connectivity index (χ0) is 15.3. The standard InChI is InChI=1S/C13H17N3O4/c1-9(7-13(2,15)8-14)20-11-5-4-10(16(17)18)6-12(11)19-3/h4-6,9H,7,15H2,1-3H3. The van der Waals surface area contributed by atoms with Crippen molar-refractivity contribution in [3.8, 4) is 17.6 Å². The number of rotatable bonds is 6. The van der Waals surface area contributed by atoms with Crippen LogP contribution in [0.2, 0.25) is 0 Å². The minimum Gasteiger partial charge on any atom is -0.493 e. The van der Waals surface area contributed by atoms with Gasteiger partial charge in [0.25, 0.3) is 5.69 Å². The van der Waals surface area contributed by atoms with Gasteiger partial charge in [-0.1, -0.05) is 0 Å². The summed E-state index contributed by atoms with van der Waals surface area (Å²) in [4.78, 5) is 10.2. The summed E-state index contributed by atoms with van der Waals surface area (Å²) in [6, 6.07) is 6.07. The van der Waals surface area contributed by atoms with Gasteiger partial charge in [-0.15, -0.1) is 0 Å². The van der Waals surface area contributed by atoms with E-state index in [1.807, 2.05) is 6.07 Å². The number of benzene rings is 1.